The van der Waals surface area contributed by atoms with E-state index in [1.165, 1.54) is 17.5 Å². The van der Waals surface area contributed by atoms with Gasteiger partial charge in [0.15, 0.2) is 0 Å². The molecule has 0 spiro atoms. The maximum absolute atomic E-state index is 4.74. The monoisotopic (exact) mass is 269 g/mol. The average molecular weight is 269 g/mol. The minimum atomic E-state index is 0.549. The molecule has 1 aromatic heterocycles. The smallest absolute Gasteiger partial charge is 0.0938 e. The van der Waals surface area contributed by atoms with Gasteiger partial charge in [0.2, 0.25) is 0 Å². The lowest BCUT2D eigenvalue weighted by molar-refractivity contribution is 0.492. The zero-order chi connectivity index (χ0) is 14.1. The third-order valence-electron chi connectivity index (χ3n) is 3.94. The van der Waals surface area contributed by atoms with Crippen LogP contribution in [0.3, 0.4) is 0 Å². The van der Waals surface area contributed by atoms with Crippen LogP contribution >= 0.6 is 0 Å². The Balaban J connectivity index is 1.89. The van der Waals surface area contributed by atoms with E-state index in [4.69, 9.17) is 4.98 Å². The second kappa shape index (κ2) is 5.41. The maximum Gasteiger partial charge on any atom is 0.0938 e. The summed E-state index contributed by atoms with van der Waals surface area (Å²) in [4.78, 5) is 7.21. The molecule has 1 atom stereocenters. The second-order valence-electron chi connectivity index (χ2n) is 6.05. The molecule has 3 nitrogen and oxygen atoms in total. The summed E-state index contributed by atoms with van der Waals surface area (Å²) in [7, 11) is 0. The van der Waals surface area contributed by atoms with Crippen LogP contribution in [-0.4, -0.2) is 30.2 Å². The van der Waals surface area contributed by atoms with E-state index >= 15 is 0 Å². The summed E-state index contributed by atoms with van der Waals surface area (Å²) < 4.78 is 0. The molecule has 1 N–H and O–H groups in total. The molecule has 106 valence electrons. The van der Waals surface area contributed by atoms with Crippen molar-refractivity contribution in [3.8, 4) is 0 Å². The quantitative estimate of drug-likeness (QED) is 0.928. The number of pyridine rings is 1. The summed E-state index contributed by atoms with van der Waals surface area (Å²) in [5.74, 6) is 0. The number of rotatable bonds is 3. The van der Waals surface area contributed by atoms with Crippen LogP contribution in [0, 0.1) is 6.92 Å². The van der Waals surface area contributed by atoms with Crippen LogP contribution in [-0.2, 0) is 0 Å². The minimum absolute atomic E-state index is 0.549. The van der Waals surface area contributed by atoms with E-state index in [0.717, 1.165) is 24.3 Å². The van der Waals surface area contributed by atoms with Crippen LogP contribution in [0.15, 0.2) is 30.3 Å². The predicted octanol–water partition coefficient (Wildman–Crippen LogP) is 3.12. The van der Waals surface area contributed by atoms with Crippen molar-refractivity contribution in [2.75, 3.05) is 18.0 Å². The second-order valence-corrected chi connectivity index (χ2v) is 6.05. The van der Waals surface area contributed by atoms with Gasteiger partial charge in [-0.25, -0.2) is 0 Å². The minimum Gasteiger partial charge on any atom is -0.368 e. The molecule has 1 aromatic carbocycles. The topological polar surface area (TPSA) is 28.2 Å². The fraction of sp³-hybridized carbons (Fsp3) is 0.471. The third kappa shape index (κ3) is 2.63. The number of nitrogens with zero attached hydrogens (tertiary/aromatic N) is 2. The number of hydrogen-bond donors (Lipinski definition) is 1. The van der Waals surface area contributed by atoms with E-state index in [0.29, 0.717) is 12.1 Å². The third-order valence-corrected chi connectivity index (χ3v) is 3.94. The molecular weight excluding hydrogens is 246 g/mol. The Morgan fingerprint density at radius 1 is 1.25 bits per heavy atom. The summed E-state index contributed by atoms with van der Waals surface area (Å²) in [6.45, 7) is 8.67. The molecule has 0 bridgehead atoms. The number of benzene rings is 1. The zero-order valence-corrected chi connectivity index (χ0v) is 12.6. The van der Waals surface area contributed by atoms with Gasteiger partial charge >= 0.3 is 0 Å². The van der Waals surface area contributed by atoms with Crippen molar-refractivity contribution in [2.45, 2.75) is 39.3 Å². The Morgan fingerprint density at radius 3 is 2.90 bits per heavy atom. The molecule has 0 saturated carbocycles. The summed E-state index contributed by atoms with van der Waals surface area (Å²) in [5.41, 5.74) is 3.50. The van der Waals surface area contributed by atoms with Crippen LogP contribution < -0.4 is 10.2 Å². The van der Waals surface area contributed by atoms with Crippen LogP contribution in [0.2, 0.25) is 0 Å². The first kappa shape index (κ1) is 13.4. The molecule has 1 aliphatic rings. The summed E-state index contributed by atoms with van der Waals surface area (Å²) in [6.07, 6.45) is 1.21. The standard InChI is InChI=1S/C17H23N3/c1-12(2)18-15-9-10-20(11-15)16-6-4-5-14-8-7-13(3)19-17(14)16/h4-8,12,15,18H,9-11H2,1-3H3. The van der Waals surface area contributed by atoms with E-state index < -0.39 is 0 Å². The van der Waals surface area contributed by atoms with E-state index in [2.05, 4.69) is 61.3 Å². The van der Waals surface area contributed by atoms with Crippen LogP contribution in [0.1, 0.15) is 26.0 Å². The highest BCUT2D eigenvalue weighted by Gasteiger charge is 2.24. The first-order valence-electron chi connectivity index (χ1n) is 7.51. The van der Waals surface area contributed by atoms with E-state index in [9.17, 15) is 0 Å². The van der Waals surface area contributed by atoms with Gasteiger partial charge in [0, 0.05) is 36.3 Å². The van der Waals surface area contributed by atoms with Crippen molar-refractivity contribution in [1.82, 2.24) is 10.3 Å². The van der Waals surface area contributed by atoms with E-state index in [-0.39, 0.29) is 0 Å². The number of fused-ring (bicyclic) bond motifs is 1. The van der Waals surface area contributed by atoms with Crippen LogP contribution in [0.25, 0.3) is 10.9 Å². The van der Waals surface area contributed by atoms with Gasteiger partial charge < -0.3 is 10.2 Å². The largest absolute Gasteiger partial charge is 0.368 e. The molecular formula is C17H23N3. The number of aromatic nitrogens is 1. The van der Waals surface area contributed by atoms with Gasteiger partial charge in [-0.3, -0.25) is 4.98 Å². The summed E-state index contributed by atoms with van der Waals surface area (Å²) >= 11 is 0. The number of nitrogens with one attached hydrogen (secondary N) is 1. The Bertz CT molecular complexity index is 606. The highest BCUT2D eigenvalue weighted by molar-refractivity contribution is 5.91. The Morgan fingerprint density at radius 2 is 2.10 bits per heavy atom. The Labute approximate surface area is 121 Å². The van der Waals surface area contributed by atoms with Crippen LogP contribution in [0.4, 0.5) is 5.69 Å². The molecule has 1 unspecified atom stereocenters. The van der Waals surface area contributed by atoms with Gasteiger partial charge in [-0.1, -0.05) is 32.0 Å². The molecule has 0 aliphatic carbocycles. The van der Waals surface area contributed by atoms with Gasteiger partial charge in [0.25, 0.3) is 0 Å². The normalized spacial score (nSPS) is 19.2. The molecule has 3 heteroatoms. The van der Waals surface area contributed by atoms with E-state index in [1.54, 1.807) is 0 Å². The number of para-hydroxylation sites is 1. The highest BCUT2D eigenvalue weighted by atomic mass is 15.2. The Kier molecular flexibility index (Phi) is 3.62. The lowest BCUT2D eigenvalue weighted by Gasteiger charge is -2.21. The maximum atomic E-state index is 4.74. The van der Waals surface area contributed by atoms with Gasteiger partial charge in [0.1, 0.15) is 0 Å². The number of aryl methyl sites for hydroxylation is 1. The van der Waals surface area contributed by atoms with Crippen molar-refractivity contribution in [3.63, 3.8) is 0 Å². The van der Waals surface area contributed by atoms with Gasteiger partial charge in [0.05, 0.1) is 11.2 Å². The fourth-order valence-corrected chi connectivity index (χ4v) is 3.07. The molecule has 2 aromatic rings. The lowest BCUT2D eigenvalue weighted by atomic mass is 10.1. The predicted molar refractivity (Wildman–Crippen MR) is 85.4 cm³/mol. The van der Waals surface area contributed by atoms with Crippen molar-refractivity contribution in [2.24, 2.45) is 0 Å². The number of anilines is 1. The molecule has 1 aliphatic heterocycles. The first-order valence-corrected chi connectivity index (χ1v) is 7.51. The van der Waals surface area contributed by atoms with Gasteiger partial charge in [-0.15, -0.1) is 0 Å². The molecule has 1 saturated heterocycles. The fourth-order valence-electron chi connectivity index (χ4n) is 3.07. The molecule has 20 heavy (non-hydrogen) atoms. The first-order chi connectivity index (χ1) is 9.63. The van der Waals surface area contributed by atoms with Crippen molar-refractivity contribution in [3.05, 3.63) is 36.0 Å². The molecule has 1 fully saturated rings. The van der Waals surface area contributed by atoms with Crippen molar-refractivity contribution < 1.29 is 0 Å². The molecule has 0 radical (unpaired) electrons. The zero-order valence-electron chi connectivity index (χ0n) is 12.6. The number of hydrogen-bond acceptors (Lipinski definition) is 3. The SMILES string of the molecule is Cc1ccc2cccc(N3CCC(NC(C)C)C3)c2n1. The van der Waals surface area contributed by atoms with Crippen molar-refractivity contribution >= 4 is 16.6 Å². The van der Waals surface area contributed by atoms with E-state index in [1.807, 2.05) is 0 Å². The molecule has 0 amide bonds. The summed E-state index contributed by atoms with van der Waals surface area (Å²) in [5, 5.41) is 4.87. The van der Waals surface area contributed by atoms with Gasteiger partial charge in [-0.2, -0.15) is 0 Å². The van der Waals surface area contributed by atoms with Gasteiger partial charge in [-0.05, 0) is 25.5 Å². The van der Waals surface area contributed by atoms with Crippen molar-refractivity contribution in [1.29, 1.82) is 0 Å². The molecule has 3 rings (SSSR count). The van der Waals surface area contributed by atoms with Crippen LogP contribution in [0.5, 0.6) is 0 Å². The highest BCUT2D eigenvalue weighted by Crippen LogP contribution is 2.28. The molecule has 2 heterocycles. The lowest BCUT2D eigenvalue weighted by Crippen LogP contribution is -2.37. The average Bonchev–Trinajstić information content (AvgIpc) is 2.85. The Hall–Kier alpha value is -1.61. The summed E-state index contributed by atoms with van der Waals surface area (Å²) in [6, 6.07) is 11.9.